The topological polar surface area (TPSA) is 62.3 Å². The van der Waals surface area contributed by atoms with Crippen molar-refractivity contribution >= 4 is 17.6 Å². The van der Waals surface area contributed by atoms with Gasteiger partial charge in [0.15, 0.2) is 0 Å². The van der Waals surface area contributed by atoms with Gasteiger partial charge in [-0.15, -0.1) is 0 Å². The Kier molecular flexibility index (Phi) is 4.89. The molecular weight excluding hydrogens is 302 g/mol. The zero-order chi connectivity index (χ0) is 16.9. The van der Waals surface area contributed by atoms with Crippen molar-refractivity contribution in [2.75, 3.05) is 18.4 Å². The zero-order valence-electron chi connectivity index (χ0n) is 13.7. The number of aryl methyl sites for hydroxylation is 1. The Morgan fingerprint density at radius 2 is 2.00 bits per heavy atom. The number of hydrogen-bond donors (Lipinski definition) is 1. The number of nitrogens with one attached hydrogen (secondary N) is 1. The molecule has 0 saturated carbocycles. The minimum atomic E-state index is -0.310. The van der Waals surface area contributed by atoms with E-state index >= 15 is 0 Å². The van der Waals surface area contributed by atoms with Crippen molar-refractivity contribution in [1.29, 1.82) is 0 Å². The number of amides is 2. The molecule has 1 aliphatic rings. The maximum absolute atomic E-state index is 12.4. The van der Waals surface area contributed by atoms with E-state index in [0.717, 1.165) is 12.1 Å². The quantitative estimate of drug-likeness (QED) is 0.919. The van der Waals surface area contributed by atoms with Crippen LogP contribution in [0.4, 0.5) is 5.82 Å². The highest BCUT2D eigenvalue weighted by atomic mass is 16.2. The van der Waals surface area contributed by atoms with Gasteiger partial charge >= 0.3 is 0 Å². The van der Waals surface area contributed by atoms with E-state index in [1.165, 1.54) is 5.56 Å². The van der Waals surface area contributed by atoms with E-state index in [9.17, 15) is 9.59 Å². The van der Waals surface area contributed by atoms with Gasteiger partial charge in [-0.1, -0.05) is 36.4 Å². The first kappa shape index (κ1) is 16.2. The number of hydrogen-bond acceptors (Lipinski definition) is 3. The number of rotatable bonds is 5. The molecule has 1 aliphatic heterocycles. The first-order valence-corrected chi connectivity index (χ1v) is 8.18. The molecule has 0 radical (unpaired) electrons. The molecule has 0 bridgehead atoms. The molecule has 0 aliphatic carbocycles. The normalized spacial score (nSPS) is 17.1. The predicted octanol–water partition coefficient (Wildman–Crippen LogP) is 2.42. The second-order valence-corrected chi connectivity index (χ2v) is 6.13. The first-order chi connectivity index (χ1) is 11.6. The third-order valence-corrected chi connectivity index (χ3v) is 4.24. The lowest BCUT2D eigenvalue weighted by Crippen LogP contribution is -2.30. The lowest BCUT2D eigenvalue weighted by Gasteiger charge is -2.16. The lowest BCUT2D eigenvalue weighted by molar-refractivity contribution is -0.128. The van der Waals surface area contributed by atoms with Gasteiger partial charge in [0.05, 0.1) is 5.92 Å². The molecule has 1 atom stereocenters. The second-order valence-electron chi connectivity index (χ2n) is 6.13. The molecule has 124 valence electrons. The molecule has 0 spiro atoms. The van der Waals surface area contributed by atoms with Crippen LogP contribution in [0.3, 0.4) is 0 Å². The summed E-state index contributed by atoms with van der Waals surface area (Å²) in [5.41, 5.74) is 2.04. The Morgan fingerprint density at radius 1 is 1.21 bits per heavy atom. The van der Waals surface area contributed by atoms with Gasteiger partial charge in [0.25, 0.3) is 0 Å². The first-order valence-electron chi connectivity index (χ1n) is 8.18. The van der Waals surface area contributed by atoms with E-state index in [-0.39, 0.29) is 24.2 Å². The Balaban J connectivity index is 1.55. The zero-order valence-corrected chi connectivity index (χ0v) is 13.7. The lowest BCUT2D eigenvalue weighted by atomic mass is 10.1. The molecule has 1 aromatic carbocycles. The number of likely N-dealkylation sites (tertiary alicyclic amines) is 1. The van der Waals surface area contributed by atoms with Gasteiger partial charge < -0.3 is 10.2 Å². The molecular formula is C19H21N3O2. The van der Waals surface area contributed by atoms with E-state index in [4.69, 9.17) is 0 Å². The third kappa shape index (κ3) is 3.98. The van der Waals surface area contributed by atoms with Gasteiger partial charge in [0.2, 0.25) is 11.8 Å². The average molecular weight is 323 g/mol. The monoisotopic (exact) mass is 323 g/mol. The van der Waals surface area contributed by atoms with Crippen LogP contribution in [0.5, 0.6) is 0 Å². The molecule has 2 heterocycles. The van der Waals surface area contributed by atoms with Crippen molar-refractivity contribution in [3.05, 3.63) is 59.8 Å². The molecule has 1 unspecified atom stereocenters. The summed E-state index contributed by atoms with van der Waals surface area (Å²) in [6, 6.07) is 15.5. The summed E-state index contributed by atoms with van der Waals surface area (Å²) < 4.78 is 0. The molecule has 2 amide bonds. The predicted molar refractivity (Wildman–Crippen MR) is 92.4 cm³/mol. The van der Waals surface area contributed by atoms with Crippen molar-refractivity contribution in [1.82, 2.24) is 9.88 Å². The van der Waals surface area contributed by atoms with E-state index < -0.39 is 0 Å². The van der Waals surface area contributed by atoms with Gasteiger partial charge in [-0.3, -0.25) is 9.59 Å². The van der Waals surface area contributed by atoms with Crippen LogP contribution in [0, 0.1) is 12.8 Å². The summed E-state index contributed by atoms with van der Waals surface area (Å²) in [6.45, 7) is 3.00. The van der Waals surface area contributed by atoms with Gasteiger partial charge in [0.1, 0.15) is 5.82 Å². The van der Waals surface area contributed by atoms with Crippen molar-refractivity contribution in [2.24, 2.45) is 5.92 Å². The van der Waals surface area contributed by atoms with E-state index in [1.54, 1.807) is 11.0 Å². The highest BCUT2D eigenvalue weighted by Crippen LogP contribution is 2.20. The number of carbonyl (C=O) groups excluding carboxylic acids is 2. The Labute approximate surface area is 141 Å². The largest absolute Gasteiger partial charge is 0.342 e. The maximum atomic E-state index is 12.4. The molecule has 3 rings (SSSR count). The summed E-state index contributed by atoms with van der Waals surface area (Å²) in [5.74, 6) is 0.137. The van der Waals surface area contributed by atoms with Crippen LogP contribution in [-0.2, 0) is 16.0 Å². The summed E-state index contributed by atoms with van der Waals surface area (Å²) in [7, 11) is 0. The van der Waals surface area contributed by atoms with Crippen molar-refractivity contribution < 1.29 is 9.59 Å². The highest BCUT2D eigenvalue weighted by Gasteiger charge is 2.34. The molecule has 24 heavy (non-hydrogen) atoms. The smallest absolute Gasteiger partial charge is 0.230 e. The summed E-state index contributed by atoms with van der Waals surface area (Å²) in [6.07, 6.45) is 1.08. The second kappa shape index (κ2) is 7.25. The summed E-state index contributed by atoms with van der Waals surface area (Å²) in [5, 5.41) is 2.81. The van der Waals surface area contributed by atoms with E-state index in [2.05, 4.69) is 10.3 Å². The van der Waals surface area contributed by atoms with Crippen LogP contribution < -0.4 is 5.32 Å². The number of pyridine rings is 1. The fourth-order valence-corrected chi connectivity index (χ4v) is 2.91. The Morgan fingerprint density at radius 3 is 2.75 bits per heavy atom. The minimum absolute atomic E-state index is 0.0447. The fourth-order valence-electron chi connectivity index (χ4n) is 2.91. The highest BCUT2D eigenvalue weighted by molar-refractivity contribution is 5.96. The maximum Gasteiger partial charge on any atom is 0.230 e. The number of benzene rings is 1. The standard InChI is InChI=1S/C19H21N3O2/c1-14-6-5-9-17(20-14)21-19(24)16-12-18(23)22(13-16)11-10-15-7-3-2-4-8-15/h2-9,16H,10-13H2,1H3,(H,20,21,24). The molecule has 1 N–H and O–H groups in total. The Bertz CT molecular complexity index is 730. The van der Waals surface area contributed by atoms with Gasteiger partial charge in [-0.2, -0.15) is 0 Å². The summed E-state index contributed by atoms with van der Waals surface area (Å²) >= 11 is 0. The average Bonchev–Trinajstić information content (AvgIpc) is 2.95. The van der Waals surface area contributed by atoms with Crippen LogP contribution in [0.2, 0.25) is 0 Å². The number of nitrogens with zero attached hydrogens (tertiary/aromatic N) is 2. The van der Waals surface area contributed by atoms with Gasteiger partial charge in [0, 0.05) is 25.2 Å². The SMILES string of the molecule is Cc1cccc(NC(=O)C2CC(=O)N(CCc3ccccc3)C2)n1. The van der Waals surface area contributed by atoms with Crippen LogP contribution in [0.25, 0.3) is 0 Å². The minimum Gasteiger partial charge on any atom is -0.342 e. The van der Waals surface area contributed by atoms with Crippen LogP contribution in [0.15, 0.2) is 48.5 Å². The molecule has 1 saturated heterocycles. The molecule has 5 nitrogen and oxygen atoms in total. The van der Waals surface area contributed by atoms with E-state index in [0.29, 0.717) is 18.9 Å². The van der Waals surface area contributed by atoms with Crippen molar-refractivity contribution in [3.8, 4) is 0 Å². The van der Waals surface area contributed by atoms with Gasteiger partial charge in [-0.25, -0.2) is 4.98 Å². The number of anilines is 1. The third-order valence-electron chi connectivity index (χ3n) is 4.24. The van der Waals surface area contributed by atoms with Crippen LogP contribution >= 0.6 is 0 Å². The fraction of sp³-hybridized carbons (Fsp3) is 0.316. The number of carbonyl (C=O) groups is 2. The van der Waals surface area contributed by atoms with Crippen LogP contribution in [0.1, 0.15) is 17.7 Å². The molecule has 5 heteroatoms. The molecule has 1 fully saturated rings. The van der Waals surface area contributed by atoms with Crippen LogP contribution in [-0.4, -0.2) is 34.8 Å². The van der Waals surface area contributed by atoms with E-state index in [1.807, 2.05) is 49.4 Å². The molecule has 2 aromatic rings. The Hall–Kier alpha value is -2.69. The summed E-state index contributed by atoms with van der Waals surface area (Å²) in [4.78, 5) is 30.6. The molecule has 1 aromatic heterocycles. The number of aromatic nitrogens is 1. The van der Waals surface area contributed by atoms with Crippen molar-refractivity contribution in [2.45, 2.75) is 19.8 Å². The van der Waals surface area contributed by atoms with Crippen molar-refractivity contribution in [3.63, 3.8) is 0 Å². The van der Waals surface area contributed by atoms with Gasteiger partial charge in [-0.05, 0) is 31.0 Å².